The zero-order valence-corrected chi connectivity index (χ0v) is 15.5. The summed E-state index contributed by atoms with van der Waals surface area (Å²) in [7, 11) is 0. The number of benzene rings is 1. The first kappa shape index (κ1) is 18.8. The summed E-state index contributed by atoms with van der Waals surface area (Å²) in [5, 5.41) is 4.09. The maximum Gasteiger partial charge on any atom is 0.416 e. The van der Waals surface area contributed by atoms with Crippen LogP contribution in [0.25, 0.3) is 0 Å². The number of carbonyl (C=O) groups excluding carboxylic acids is 1. The Morgan fingerprint density at radius 2 is 2.15 bits per heavy atom. The van der Waals surface area contributed by atoms with E-state index in [4.69, 9.17) is 4.52 Å². The molecule has 0 fully saturated rings. The van der Waals surface area contributed by atoms with Gasteiger partial charge in [-0.15, -0.1) is 11.8 Å². The van der Waals surface area contributed by atoms with Gasteiger partial charge in [-0.25, -0.2) is 0 Å². The quantitative estimate of drug-likeness (QED) is 0.723. The molecule has 140 valence electrons. The van der Waals surface area contributed by atoms with Crippen molar-refractivity contribution in [2.24, 2.45) is 0 Å². The number of amides is 1. The number of nitrogens with zero attached hydrogens (tertiary/aromatic N) is 2. The average Bonchev–Trinajstić information content (AvgIpc) is 2.86. The molecule has 0 N–H and O–H groups in total. The number of aryl methyl sites for hydroxylation is 2. The average molecular weight is 384 g/mol. The monoisotopic (exact) mass is 384 g/mol. The molecule has 1 aliphatic rings. The molecule has 3 rings (SSSR count). The fraction of sp³-hybridized carbons (Fsp3) is 0.444. The van der Waals surface area contributed by atoms with E-state index in [0.29, 0.717) is 47.0 Å². The van der Waals surface area contributed by atoms with Gasteiger partial charge in [0.15, 0.2) is 0 Å². The van der Waals surface area contributed by atoms with E-state index in [-0.39, 0.29) is 11.2 Å². The molecule has 1 aromatic heterocycles. The highest BCUT2D eigenvalue weighted by Crippen LogP contribution is 2.42. The largest absolute Gasteiger partial charge is 0.416 e. The fourth-order valence-electron chi connectivity index (χ4n) is 2.99. The van der Waals surface area contributed by atoms with Crippen molar-refractivity contribution in [2.45, 2.75) is 49.9 Å². The molecule has 1 amide bonds. The van der Waals surface area contributed by atoms with Crippen LogP contribution in [0.2, 0.25) is 0 Å². The molecule has 1 aliphatic heterocycles. The summed E-state index contributed by atoms with van der Waals surface area (Å²) in [5.41, 5.74) is 0.394. The standard InChI is InChI=1S/C18H19F3N2O2S/c1-4-13-16(11(3)25-22-13)17(24)23-8-7-10(2)26-15-6-5-12(9-14(15)23)18(19,20)21/h5-6,9-10H,4,7-8H2,1-3H3. The highest BCUT2D eigenvalue weighted by molar-refractivity contribution is 8.00. The second-order valence-corrected chi connectivity index (χ2v) is 7.75. The van der Waals surface area contributed by atoms with Crippen LogP contribution in [0, 0.1) is 6.92 Å². The Kier molecular flexibility index (Phi) is 5.05. The predicted octanol–water partition coefficient (Wildman–Crippen LogP) is 5.10. The second kappa shape index (κ2) is 6.98. The van der Waals surface area contributed by atoms with E-state index in [9.17, 15) is 18.0 Å². The third-order valence-electron chi connectivity index (χ3n) is 4.39. The zero-order chi connectivity index (χ0) is 19.1. The van der Waals surface area contributed by atoms with E-state index in [0.717, 1.165) is 12.1 Å². The van der Waals surface area contributed by atoms with Crippen LogP contribution in [0.1, 0.15) is 47.6 Å². The lowest BCUT2D eigenvalue weighted by molar-refractivity contribution is -0.137. The minimum atomic E-state index is -4.46. The summed E-state index contributed by atoms with van der Waals surface area (Å²) in [6.45, 7) is 5.84. The van der Waals surface area contributed by atoms with Crippen LogP contribution < -0.4 is 4.90 Å². The molecule has 0 saturated heterocycles. The normalized spacial score (nSPS) is 17.8. The highest BCUT2D eigenvalue weighted by Gasteiger charge is 2.34. The van der Waals surface area contributed by atoms with Gasteiger partial charge < -0.3 is 9.42 Å². The van der Waals surface area contributed by atoms with Crippen LogP contribution in [-0.2, 0) is 12.6 Å². The van der Waals surface area contributed by atoms with Crippen LogP contribution in [-0.4, -0.2) is 22.9 Å². The van der Waals surface area contributed by atoms with Crippen molar-refractivity contribution in [3.63, 3.8) is 0 Å². The van der Waals surface area contributed by atoms with Crippen molar-refractivity contribution in [3.05, 3.63) is 40.8 Å². The molecule has 0 bridgehead atoms. The van der Waals surface area contributed by atoms with Gasteiger partial charge >= 0.3 is 6.18 Å². The van der Waals surface area contributed by atoms with Crippen molar-refractivity contribution >= 4 is 23.4 Å². The third kappa shape index (κ3) is 3.47. The van der Waals surface area contributed by atoms with Crippen LogP contribution in [0.4, 0.5) is 18.9 Å². The van der Waals surface area contributed by atoms with Crippen LogP contribution in [0.3, 0.4) is 0 Å². The molecule has 1 aromatic carbocycles. The van der Waals surface area contributed by atoms with Gasteiger partial charge in [-0.1, -0.05) is 19.0 Å². The van der Waals surface area contributed by atoms with Crippen LogP contribution >= 0.6 is 11.8 Å². The molecule has 0 aliphatic carbocycles. The number of hydrogen-bond donors (Lipinski definition) is 0. The molecular formula is C18H19F3N2O2S. The summed E-state index contributed by atoms with van der Waals surface area (Å²) in [6, 6.07) is 3.58. The Balaban J connectivity index is 2.11. The van der Waals surface area contributed by atoms with Gasteiger partial charge in [-0.2, -0.15) is 13.2 Å². The second-order valence-electron chi connectivity index (χ2n) is 6.27. The van der Waals surface area contributed by atoms with Crippen molar-refractivity contribution in [1.29, 1.82) is 0 Å². The smallest absolute Gasteiger partial charge is 0.361 e. The van der Waals surface area contributed by atoms with Crippen LogP contribution in [0.15, 0.2) is 27.6 Å². The summed E-state index contributed by atoms with van der Waals surface area (Å²) in [5.74, 6) is 0.0150. The predicted molar refractivity (Wildman–Crippen MR) is 93.7 cm³/mol. The van der Waals surface area contributed by atoms with Crippen LogP contribution in [0.5, 0.6) is 0 Å². The van der Waals surface area contributed by atoms with Gasteiger partial charge in [0.1, 0.15) is 11.3 Å². The Hall–Kier alpha value is -1.96. The van der Waals surface area contributed by atoms with Gasteiger partial charge in [-0.3, -0.25) is 4.79 Å². The van der Waals surface area contributed by atoms with Crippen molar-refractivity contribution < 1.29 is 22.5 Å². The molecule has 0 radical (unpaired) electrons. The summed E-state index contributed by atoms with van der Waals surface area (Å²) in [4.78, 5) is 15.3. The molecule has 26 heavy (non-hydrogen) atoms. The summed E-state index contributed by atoms with van der Waals surface area (Å²) in [6.07, 6.45) is -3.28. The lowest BCUT2D eigenvalue weighted by atomic mass is 10.1. The maximum atomic E-state index is 13.2. The molecule has 1 unspecified atom stereocenters. The minimum absolute atomic E-state index is 0.192. The third-order valence-corrected chi connectivity index (χ3v) is 5.63. The first-order valence-corrected chi connectivity index (χ1v) is 9.25. The molecule has 4 nitrogen and oxygen atoms in total. The number of halogens is 3. The van der Waals surface area contributed by atoms with Gasteiger partial charge in [0.2, 0.25) is 0 Å². The van der Waals surface area contributed by atoms with Gasteiger partial charge in [0.05, 0.1) is 16.9 Å². The Bertz CT molecular complexity index is 832. The first-order chi connectivity index (χ1) is 12.2. The summed E-state index contributed by atoms with van der Waals surface area (Å²) < 4.78 is 44.7. The van der Waals surface area contributed by atoms with Crippen molar-refractivity contribution in [3.8, 4) is 0 Å². The lowest BCUT2D eigenvalue weighted by Crippen LogP contribution is -2.33. The Labute approximate surface area is 153 Å². The molecular weight excluding hydrogens is 365 g/mol. The number of hydrogen-bond acceptors (Lipinski definition) is 4. The van der Waals surface area contributed by atoms with E-state index in [1.54, 1.807) is 6.92 Å². The number of carbonyl (C=O) groups is 1. The van der Waals surface area contributed by atoms with Gasteiger partial charge in [-0.05, 0) is 38.0 Å². The van der Waals surface area contributed by atoms with Crippen molar-refractivity contribution in [2.75, 3.05) is 11.4 Å². The summed E-state index contributed by atoms with van der Waals surface area (Å²) >= 11 is 1.48. The number of fused-ring (bicyclic) bond motifs is 1. The Morgan fingerprint density at radius 3 is 2.81 bits per heavy atom. The highest BCUT2D eigenvalue weighted by atomic mass is 32.2. The fourth-order valence-corrected chi connectivity index (χ4v) is 4.08. The lowest BCUT2D eigenvalue weighted by Gasteiger charge is -2.23. The van der Waals surface area contributed by atoms with Gasteiger partial charge in [0, 0.05) is 16.7 Å². The number of aromatic nitrogens is 1. The number of anilines is 1. The molecule has 0 saturated carbocycles. The number of thioether (sulfide) groups is 1. The minimum Gasteiger partial charge on any atom is -0.361 e. The molecule has 2 aromatic rings. The van der Waals surface area contributed by atoms with Crippen molar-refractivity contribution in [1.82, 2.24) is 5.16 Å². The SMILES string of the molecule is CCc1noc(C)c1C(=O)N1CCC(C)Sc2ccc(C(F)(F)F)cc21. The molecule has 2 heterocycles. The van der Waals surface area contributed by atoms with E-state index in [1.165, 1.54) is 22.7 Å². The molecule has 8 heteroatoms. The van der Waals surface area contributed by atoms with E-state index >= 15 is 0 Å². The number of alkyl halides is 3. The first-order valence-electron chi connectivity index (χ1n) is 8.37. The van der Waals surface area contributed by atoms with Gasteiger partial charge in [0.25, 0.3) is 5.91 Å². The van der Waals surface area contributed by atoms with E-state index in [2.05, 4.69) is 5.16 Å². The van der Waals surface area contributed by atoms with E-state index in [1.807, 2.05) is 13.8 Å². The number of rotatable bonds is 2. The molecule has 1 atom stereocenters. The maximum absolute atomic E-state index is 13.2. The van der Waals surface area contributed by atoms with E-state index < -0.39 is 11.7 Å². The molecule has 0 spiro atoms. The topological polar surface area (TPSA) is 46.3 Å². The Morgan fingerprint density at radius 1 is 1.42 bits per heavy atom. The zero-order valence-electron chi connectivity index (χ0n) is 14.7.